The van der Waals surface area contributed by atoms with E-state index in [4.69, 9.17) is 10.5 Å². The highest BCUT2D eigenvalue weighted by molar-refractivity contribution is 9.10. The molecule has 1 heterocycles. The van der Waals surface area contributed by atoms with E-state index in [9.17, 15) is 4.79 Å². The van der Waals surface area contributed by atoms with Crippen molar-refractivity contribution in [1.29, 1.82) is 0 Å². The number of halogens is 1. The van der Waals surface area contributed by atoms with Crippen LogP contribution in [0.4, 0.5) is 11.5 Å². The summed E-state index contributed by atoms with van der Waals surface area (Å²) in [5.41, 5.74) is 7.48. The van der Waals surface area contributed by atoms with Gasteiger partial charge in [0.1, 0.15) is 5.82 Å². The third-order valence-corrected chi connectivity index (χ3v) is 3.29. The summed E-state index contributed by atoms with van der Waals surface area (Å²) < 4.78 is 5.97. The Morgan fingerprint density at radius 3 is 2.95 bits per heavy atom. The summed E-state index contributed by atoms with van der Waals surface area (Å²) in [4.78, 5) is 15.9. The molecular formula is C15H16BrN3O2. The first kappa shape index (κ1) is 15.3. The van der Waals surface area contributed by atoms with Crippen molar-refractivity contribution < 1.29 is 9.53 Å². The molecule has 0 aliphatic rings. The number of hydrogen-bond donors (Lipinski definition) is 2. The number of aromatic nitrogens is 1. The second-order valence-corrected chi connectivity index (χ2v) is 5.28. The number of ether oxygens (including phenoxy) is 1. The predicted molar refractivity (Wildman–Crippen MR) is 86.1 cm³/mol. The quantitative estimate of drug-likeness (QED) is 0.810. The zero-order valence-corrected chi connectivity index (χ0v) is 13.2. The molecule has 110 valence electrons. The van der Waals surface area contributed by atoms with Crippen molar-refractivity contribution in [3.63, 3.8) is 0 Å². The van der Waals surface area contributed by atoms with Crippen molar-refractivity contribution >= 4 is 33.4 Å². The van der Waals surface area contributed by atoms with E-state index in [1.54, 1.807) is 13.0 Å². The van der Waals surface area contributed by atoms with Crippen LogP contribution in [0.15, 0.2) is 41.0 Å². The van der Waals surface area contributed by atoms with Gasteiger partial charge in [0, 0.05) is 11.0 Å². The fourth-order valence-corrected chi connectivity index (χ4v) is 2.23. The molecule has 2 rings (SSSR count). The van der Waals surface area contributed by atoms with Crippen LogP contribution in [0, 0.1) is 0 Å². The summed E-state index contributed by atoms with van der Waals surface area (Å²) in [5.74, 6) is 0.134. The van der Waals surface area contributed by atoms with Crippen LogP contribution in [-0.2, 0) is 11.3 Å². The van der Waals surface area contributed by atoms with Crippen molar-refractivity contribution in [3.8, 4) is 0 Å². The van der Waals surface area contributed by atoms with Gasteiger partial charge < -0.3 is 15.8 Å². The number of rotatable bonds is 5. The fraction of sp³-hybridized carbons (Fsp3) is 0.200. The molecule has 0 saturated heterocycles. The molecule has 0 aliphatic heterocycles. The van der Waals surface area contributed by atoms with E-state index in [1.165, 1.54) is 6.20 Å². The van der Waals surface area contributed by atoms with E-state index in [0.29, 0.717) is 30.2 Å². The first-order chi connectivity index (χ1) is 10.1. The van der Waals surface area contributed by atoms with Crippen LogP contribution in [0.25, 0.3) is 0 Å². The van der Waals surface area contributed by atoms with Crippen LogP contribution in [0.5, 0.6) is 0 Å². The molecule has 0 unspecified atom stereocenters. The average molecular weight is 350 g/mol. The lowest BCUT2D eigenvalue weighted by Crippen LogP contribution is -2.10. The monoisotopic (exact) mass is 349 g/mol. The summed E-state index contributed by atoms with van der Waals surface area (Å²) >= 11 is 3.42. The third-order valence-electron chi connectivity index (χ3n) is 2.79. The number of carbonyl (C=O) groups excluding carboxylic acids is 1. The van der Waals surface area contributed by atoms with Crippen LogP contribution in [0.3, 0.4) is 0 Å². The molecule has 3 N–H and O–H groups in total. The minimum Gasteiger partial charge on any atom is -0.462 e. The highest BCUT2D eigenvalue weighted by Crippen LogP contribution is 2.17. The van der Waals surface area contributed by atoms with Gasteiger partial charge in [-0.1, -0.05) is 28.1 Å². The van der Waals surface area contributed by atoms with E-state index >= 15 is 0 Å². The third kappa shape index (κ3) is 4.19. The molecule has 0 amide bonds. The Hall–Kier alpha value is -2.08. The number of nitrogens with one attached hydrogen (secondary N) is 1. The van der Waals surface area contributed by atoms with Crippen molar-refractivity contribution in [3.05, 3.63) is 52.1 Å². The molecule has 0 fully saturated rings. The lowest BCUT2D eigenvalue weighted by molar-refractivity contribution is 0.0527. The van der Waals surface area contributed by atoms with Gasteiger partial charge in [0.2, 0.25) is 0 Å². The molecule has 0 spiro atoms. The van der Waals surface area contributed by atoms with E-state index in [2.05, 4.69) is 26.2 Å². The Balaban J connectivity index is 2.10. The summed E-state index contributed by atoms with van der Waals surface area (Å²) in [6.07, 6.45) is 1.45. The Labute approximate surface area is 131 Å². The van der Waals surface area contributed by atoms with Gasteiger partial charge in [-0.05, 0) is 30.7 Å². The minimum absolute atomic E-state index is 0.307. The van der Waals surface area contributed by atoms with E-state index < -0.39 is 5.97 Å². The number of hydrogen-bond acceptors (Lipinski definition) is 5. The van der Waals surface area contributed by atoms with Gasteiger partial charge >= 0.3 is 5.97 Å². The molecule has 0 aliphatic carbocycles. The molecule has 21 heavy (non-hydrogen) atoms. The molecule has 6 heteroatoms. The molecular weight excluding hydrogens is 334 g/mol. The molecule has 5 nitrogen and oxygen atoms in total. The largest absolute Gasteiger partial charge is 0.462 e. The smallest absolute Gasteiger partial charge is 0.340 e. The Bertz CT molecular complexity index is 647. The van der Waals surface area contributed by atoms with Crippen molar-refractivity contribution in [2.45, 2.75) is 13.5 Å². The second kappa shape index (κ2) is 7.08. The van der Waals surface area contributed by atoms with Gasteiger partial charge in [-0.15, -0.1) is 0 Å². The average Bonchev–Trinajstić information content (AvgIpc) is 2.46. The van der Waals surface area contributed by atoms with Gasteiger partial charge in [0.25, 0.3) is 0 Å². The van der Waals surface area contributed by atoms with Crippen LogP contribution in [0.2, 0.25) is 0 Å². The number of esters is 1. The van der Waals surface area contributed by atoms with Crippen LogP contribution >= 0.6 is 15.9 Å². The van der Waals surface area contributed by atoms with E-state index in [0.717, 1.165) is 10.0 Å². The highest BCUT2D eigenvalue weighted by Gasteiger charge is 2.12. The maximum Gasteiger partial charge on any atom is 0.340 e. The van der Waals surface area contributed by atoms with Crippen LogP contribution in [0.1, 0.15) is 22.8 Å². The number of carbonyl (C=O) groups is 1. The maximum atomic E-state index is 11.8. The lowest BCUT2D eigenvalue weighted by Gasteiger charge is -2.09. The maximum absolute atomic E-state index is 11.8. The fourth-order valence-electron chi connectivity index (χ4n) is 1.79. The SMILES string of the molecule is CCOC(=O)c1cc(NCc2cccc(Br)c2)ncc1N. The first-order valence-corrected chi connectivity index (χ1v) is 7.30. The standard InChI is InChI=1S/C15H16BrN3O2/c1-2-21-15(20)12-7-14(19-9-13(12)17)18-8-10-4-3-5-11(16)6-10/h3-7,9H,2,8,17H2,1H3,(H,18,19). The number of pyridine rings is 1. The minimum atomic E-state index is -0.442. The molecule has 0 bridgehead atoms. The number of benzene rings is 1. The number of nitrogens with two attached hydrogens (primary N) is 1. The number of anilines is 2. The lowest BCUT2D eigenvalue weighted by atomic mass is 10.2. The normalized spacial score (nSPS) is 10.2. The molecule has 0 saturated carbocycles. The molecule has 2 aromatic rings. The Kier molecular flexibility index (Phi) is 5.16. The molecule has 0 atom stereocenters. The van der Waals surface area contributed by atoms with E-state index in [-0.39, 0.29) is 0 Å². The first-order valence-electron chi connectivity index (χ1n) is 6.51. The van der Waals surface area contributed by atoms with Gasteiger partial charge in [-0.25, -0.2) is 9.78 Å². The summed E-state index contributed by atoms with van der Waals surface area (Å²) in [5, 5.41) is 3.16. The number of nitrogens with zero attached hydrogens (tertiary/aromatic N) is 1. The van der Waals surface area contributed by atoms with Gasteiger partial charge in [-0.2, -0.15) is 0 Å². The number of nitrogen functional groups attached to an aromatic ring is 1. The van der Waals surface area contributed by atoms with E-state index in [1.807, 2.05) is 24.3 Å². The molecule has 1 aromatic heterocycles. The highest BCUT2D eigenvalue weighted by atomic mass is 79.9. The molecule has 1 aromatic carbocycles. The Morgan fingerprint density at radius 2 is 2.24 bits per heavy atom. The summed E-state index contributed by atoms with van der Waals surface area (Å²) in [6.45, 7) is 2.65. The molecule has 0 radical (unpaired) electrons. The van der Waals surface area contributed by atoms with Crippen molar-refractivity contribution in [1.82, 2.24) is 4.98 Å². The van der Waals surface area contributed by atoms with Crippen molar-refractivity contribution in [2.75, 3.05) is 17.7 Å². The zero-order valence-electron chi connectivity index (χ0n) is 11.6. The Morgan fingerprint density at radius 1 is 1.43 bits per heavy atom. The van der Waals surface area contributed by atoms with Crippen LogP contribution in [-0.4, -0.2) is 17.6 Å². The van der Waals surface area contributed by atoms with Crippen LogP contribution < -0.4 is 11.1 Å². The zero-order chi connectivity index (χ0) is 15.2. The van der Waals surface area contributed by atoms with Gasteiger partial charge in [-0.3, -0.25) is 0 Å². The predicted octanol–water partition coefficient (Wildman–Crippen LogP) is 3.22. The topological polar surface area (TPSA) is 77.2 Å². The van der Waals surface area contributed by atoms with Gasteiger partial charge in [0.05, 0.1) is 24.1 Å². The summed E-state index contributed by atoms with van der Waals surface area (Å²) in [7, 11) is 0. The van der Waals surface area contributed by atoms with Gasteiger partial charge in [0.15, 0.2) is 0 Å². The van der Waals surface area contributed by atoms with Crippen molar-refractivity contribution in [2.24, 2.45) is 0 Å². The second-order valence-electron chi connectivity index (χ2n) is 4.36. The summed E-state index contributed by atoms with van der Waals surface area (Å²) in [6, 6.07) is 9.54.